The monoisotopic (exact) mass is 220 g/mol. The molecule has 4 nitrogen and oxygen atoms in total. The number of Topliss-reactive ketones (excluding diaryl/α,β-unsaturated/α-hetero) is 1. The Balaban J connectivity index is 3.00. The number of carbonyl (C=O) groups is 2. The van der Waals surface area contributed by atoms with Crippen LogP contribution in [0.15, 0.2) is 24.3 Å². The minimum Gasteiger partial charge on any atom is -0.321 e. The maximum absolute atomic E-state index is 11.8. The van der Waals surface area contributed by atoms with Crippen molar-refractivity contribution in [2.75, 3.05) is 0 Å². The smallest absolute Gasteiger partial charge is 0.179 e. The van der Waals surface area contributed by atoms with Crippen LogP contribution >= 0.6 is 0 Å². The molecule has 0 radical (unpaired) electrons. The van der Waals surface area contributed by atoms with Crippen LogP contribution in [0, 0.1) is 0 Å². The Morgan fingerprint density at radius 2 is 2.00 bits per heavy atom. The summed E-state index contributed by atoms with van der Waals surface area (Å²) in [4.78, 5) is 22.3. The zero-order chi connectivity index (χ0) is 12.1. The van der Waals surface area contributed by atoms with Crippen LogP contribution in [0.25, 0.3) is 0 Å². The maximum atomic E-state index is 11.8. The van der Waals surface area contributed by atoms with Crippen LogP contribution < -0.4 is 11.5 Å². The molecule has 0 saturated heterocycles. The van der Waals surface area contributed by atoms with Crippen LogP contribution in [0.2, 0.25) is 0 Å². The van der Waals surface area contributed by atoms with Crippen LogP contribution in [0.4, 0.5) is 0 Å². The van der Waals surface area contributed by atoms with Gasteiger partial charge in [-0.15, -0.1) is 0 Å². The van der Waals surface area contributed by atoms with E-state index < -0.39 is 12.1 Å². The Labute approximate surface area is 94.6 Å². The third-order valence-electron chi connectivity index (χ3n) is 2.33. The number of benzene rings is 1. The van der Waals surface area contributed by atoms with Crippen molar-refractivity contribution < 1.29 is 9.59 Å². The first-order chi connectivity index (χ1) is 7.56. The fourth-order valence-corrected chi connectivity index (χ4v) is 1.49. The van der Waals surface area contributed by atoms with Crippen molar-refractivity contribution in [2.24, 2.45) is 11.5 Å². The van der Waals surface area contributed by atoms with Crippen LogP contribution in [-0.4, -0.2) is 24.2 Å². The molecule has 86 valence electrons. The molecule has 0 bridgehead atoms. The van der Waals surface area contributed by atoms with Crippen LogP contribution in [-0.2, 0) is 11.2 Å². The van der Waals surface area contributed by atoms with Gasteiger partial charge in [-0.3, -0.25) is 4.79 Å². The average molecular weight is 220 g/mol. The molecule has 0 aliphatic heterocycles. The average Bonchev–Trinajstić information content (AvgIpc) is 2.28. The highest BCUT2D eigenvalue weighted by Crippen LogP contribution is 2.12. The van der Waals surface area contributed by atoms with Gasteiger partial charge in [0, 0.05) is 5.56 Å². The first-order valence-corrected chi connectivity index (χ1v) is 5.15. The second kappa shape index (κ2) is 5.53. The highest BCUT2D eigenvalue weighted by molar-refractivity contribution is 6.01. The predicted molar refractivity (Wildman–Crippen MR) is 62.2 cm³/mol. The molecule has 0 aromatic heterocycles. The molecule has 0 spiro atoms. The van der Waals surface area contributed by atoms with Crippen molar-refractivity contribution in [2.45, 2.75) is 25.4 Å². The first-order valence-electron chi connectivity index (χ1n) is 5.15. The fraction of sp³-hybridized carbons (Fsp3) is 0.333. The number of nitrogens with two attached hydrogens (primary N) is 2. The highest BCUT2D eigenvalue weighted by Gasteiger charge is 2.15. The second-order valence-electron chi connectivity index (χ2n) is 3.81. The predicted octanol–water partition coefficient (Wildman–Crippen LogP) is 0.285. The summed E-state index contributed by atoms with van der Waals surface area (Å²) in [5.74, 6) is -0.131. The number of ketones is 1. The van der Waals surface area contributed by atoms with E-state index in [1.165, 1.54) is 0 Å². The van der Waals surface area contributed by atoms with Crippen molar-refractivity contribution in [1.82, 2.24) is 0 Å². The minimum absolute atomic E-state index is 0.131. The molecule has 0 amide bonds. The molecule has 0 saturated carbocycles. The lowest BCUT2D eigenvalue weighted by Crippen LogP contribution is -2.29. The van der Waals surface area contributed by atoms with Crippen LogP contribution in [0.1, 0.15) is 22.8 Å². The molecule has 4 heteroatoms. The summed E-state index contributed by atoms with van der Waals surface area (Å²) in [5.41, 5.74) is 12.4. The number of rotatable bonds is 5. The number of hydrogen-bond donors (Lipinski definition) is 2. The zero-order valence-electron chi connectivity index (χ0n) is 9.22. The van der Waals surface area contributed by atoms with E-state index in [9.17, 15) is 9.59 Å². The molecule has 16 heavy (non-hydrogen) atoms. The van der Waals surface area contributed by atoms with Crippen LogP contribution in [0.3, 0.4) is 0 Å². The summed E-state index contributed by atoms with van der Waals surface area (Å²) >= 11 is 0. The summed E-state index contributed by atoms with van der Waals surface area (Å²) in [6, 6.07) is 5.95. The normalized spacial score (nSPS) is 14.2. The van der Waals surface area contributed by atoms with E-state index in [0.29, 0.717) is 18.3 Å². The molecular weight excluding hydrogens is 204 g/mol. The number of hydrogen-bond acceptors (Lipinski definition) is 4. The summed E-state index contributed by atoms with van der Waals surface area (Å²) in [7, 11) is 0. The van der Waals surface area contributed by atoms with Gasteiger partial charge < -0.3 is 16.3 Å². The largest absolute Gasteiger partial charge is 0.321 e. The standard InChI is InChI=1S/C12H16N2O2/c1-8(13)12(16)11-5-3-2-4-9(11)6-10(14)7-15/h2-5,7-8,10H,6,13-14H2,1H3/t8-,10-/m1/s1. The maximum Gasteiger partial charge on any atom is 0.179 e. The van der Waals surface area contributed by atoms with E-state index >= 15 is 0 Å². The van der Waals surface area contributed by atoms with E-state index in [1.807, 2.05) is 6.07 Å². The van der Waals surface area contributed by atoms with E-state index in [4.69, 9.17) is 11.5 Å². The van der Waals surface area contributed by atoms with Gasteiger partial charge in [0.2, 0.25) is 0 Å². The van der Waals surface area contributed by atoms with Crippen molar-refractivity contribution in [3.63, 3.8) is 0 Å². The van der Waals surface area contributed by atoms with Gasteiger partial charge in [-0.05, 0) is 18.9 Å². The lowest BCUT2D eigenvalue weighted by atomic mass is 9.96. The summed E-state index contributed by atoms with van der Waals surface area (Å²) in [5, 5.41) is 0. The molecule has 1 rings (SSSR count). The molecule has 0 unspecified atom stereocenters. The van der Waals surface area contributed by atoms with Gasteiger partial charge in [-0.2, -0.15) is 0 Å². The Morgan fingerprint density at radius 3 is 2.56 bits per heavy atom. The Kier molecular flexibility index (Phi) is 4.34. The molecule has 0 aliphatic carbocycles. The lowest BCUT2D eigenvalue weighted by molar-refractivity contribution is -0.108. The fourth-order valence-electron chi connectivity index (χ4n) is 1.49. The van der Waals surface area contributed by atoms with Gasteiger partial charge in [-0.25, -0.2) is 0 Å². The van der Waals surface area contributed by atoms with Gasteiger partial charge >= 0.3 is 0 Å². The second-order valence-corrected chi connectivity index (χ2v) is 3.81. The number of aldehydes is 1. The third-order valence-corrected chi connectivity index (χ3v) is 2.33. The Hall–Kier alpha value is -1.52. The van der Waals surface area contributed by atoms with Gasteiger partial charge in [0.15, 0.2) is 5.78 Å². The summed E-state index contributed by atoms with van der Waals surface area (Å²) in [6.45, 7) is 1.64. The topological polar surface area (TPSA) is 86.2 Å². The molecule has 4 N–H and O–H groups in total. The quantitative estimate of drug-likeness (QED) is 0.551. The lowest BCUT2D eigenvalue weighted by Gasteiger charge is -2.11. The van der Waals surface area contributed by atoms with Crippen LogP contribution in [0.5, 0.6) is 0 Å². The highest BCUT2D eigenvalue weighted by atomic mass is 16.1. The van der Waals surface area contributed by atoms with Gasteiger partial charge in [-0.1, -0.05) is 24.3 Å². The number of carbonyl (C=O) groups excluding carboxylic acids is 2. The zero-order valence-corrected chi connectivity index (χ0v) is 9.22. The molecule has 2 atom stereocenters. The molecule has 0 fully saturated rings. The SMILES string of the molecule is C[C@@H](N)C(=O)c1ccccc1C[C@@H](N)C=O. The van der Waals surface area contributed by atoms with E-state index in [-0.39, 0.29) is 5.78 Å². The van der Waals surface area contributed by atoms with E-state index in [2.05, 4.69) is 0 Å². The van der Waals surface area contributed by atoms with Crippen molar-refractivity contribution in [3.8, 4) is 0 Å². The minimum atomic E-state index is -0.581. The Morgan fingerprint density at radius 1 is 1.38 bits per heavy atom. The Bertz CT molecular complexity index is 388. The molecule has 0 heterocycles. The first kappa shape index (κ1) is 12.5. The van der Waals surface area contributed by atoms with Gasteiger partial charge in [0.1, 0.15) is 6.29 Å². The van der Waals surface area contributed by atoms with Gasteiger partial charge in [0.25, 0.3) is 0 Å². The summed E-state index contributed by atoms with van der Waals surface area (Å²) < 4.78 is 0. The van der Waals surface area contributed by atoms with E-state index in [1.54, 1.807) is 25.1 Å². The van der Waals surface area contributed by atoms with Gasteiger partial charge in [0.05, 0.1) is 12.1 Å². The molecule has 1 aromatic rings. The molecular formula is C12H16N2O2. The van der Waals surface area contributed by atoms with Crippen molar-refractivity contribution >= 4 is 12.1 Å². The van der Waals surface area contributed by atoms with Crippen molar-refractivity contribution in [3.05, 3.63) is 35.4 Å². The van der Waals surface area contributed by atoms with E-state index in [0.717, 1.165) is 5.56 Å². The summed E-state index contributed by atoms with van der Waals surface area (Å²) in [6.07, 6.45) is 1.03. The molecule has 1 aromatic carbocycles. The molecule has 0 aliphatic rings. The third kappa shape index (κ3) is 2.98. The van der Waals surface area contributed by atoms with Crippen molar-refractivity contribution in [1.29, 1.82) is 0 Å².